The molecule has 8 nitrogen and oxygen atoms in total. The fourth-order valence-electron chi connectivity index (χ4n) is 4.43. The molecule has 0 aromatic heterocycles. The molecule has 9 heteroatoms. The van der Waals surface area contributed by atoms with Gasteiger partial charge >= 0.3 is 6.03 Å². The topological polar surface area (TPSA) is 85.9 Å². The van der Waals surface area contributed by atoms with Gasteiger partial charge < -0.3 is 25.6 Å². The highest BCUT2D eigenvalue weighted by Gasteiger charge is 2.22. The molecule has 3 amide bonds. The van der Waals surface area contributed by atoms with E-state index in [0.29, 0.717) is 34.4 Å². The van der Waals surface area contributed by atoms with Crippen LogP contribution in [-0.4, -0.2) is 69.3 Å². The third kappa shape index (κ3) is 7.34. The zero-order valence-corrected chi connectivity index (χ0v) is 20.9. The molecule has 0 bridgehead atoms. The maximum Gasteiger partial charge on any atom is 0.323 e. The highest BCUT2D eigenvalue weighted by molar-refractivity contribution is 6.30. The minimum absolute atomic E-state index is 0.134. The van der Waals surface area contributed by atoms with Gasteiger partial charge in [-0.25, -0.2) is 4.79 Å². The first-order chi connectivity index (χ1) is 17.0. The Hall–Kier alpha value is -2.81. The van der Waals surface area contributed by atoms with Crippen LogP contribution in [-0.2, 0) is 4.74 Å². The smallest absolute Gasteiger partial charge is 0.323 e. The number of ether oxygens (including phenoxy) is 1. The maximum absolute atomic E-state index is 13.3. The van der Waals surface area contributed by atoms with Crippen LogP contribution in [0.15, 0.2) is 42.5 Å². The third-order valence-corrected chi connectivity index (χ3v) is 6.76. The van der Waals surface area contributed by atoms with Crippen molar-refractivity contribution < 1.29 is 14.3 Å². The second kappa shape index (κ2) is 12.2. The average molecular weight is 500 g/mol. The van der Waals surface area contributed by atoms with Crippen molar-refractivity contribution in [3.05, 3.63) is 53.1 Å². The summed E-state index contributed by atoms with van der Waals surface area (Å²) in [5, 5.41) is 9.22. The van der Waals surface area contributed by atoms with Gasteiger partial charge in [-0.3, -0.25) is 9.69 Å². The fraction of sp³-hybridized carbons (Fsp3) is 0.462. The normalized spacial score (nSPS) is 17.1. The van der Waals surface area contributed by atoms with E-state index in [1.165, 1.54) is 0 Å². The molecular weight excluding hydrogens is 466 g/mol. The number of hydrogen-bond acceptors (Lipinski definition) is 5. The zero-order valence-electron chi connectivity index (χ0n) is 20.2. The quantitative estimate of drug-likeness (QED) is 0.529. The number of nitrogens with one attached hydrogen (secondary N) is 3. The molecule has 2 fully saturated rings. The van der Waals surface area contributed by atoms with Crippen LogP contribution in [0.5, 0.6) is 0 Å². The molecule has 4 rings (SSSR count). The molecule has 2 aromatic rings. The van der Waals surface area contributed by atoms with E-state index in [0.717, 1.165) is 64.5 Å². The predicted octanol–water partition coefficient (Wildman–Crippen LogP) is 4.28. The molecule has 2 aromatic carbocycles. The molecule has 0 radical (unpaired) electrons. The minimum atomic E-state index is -0.398. The summed E-state index contributed by atoms with van der Waals surface area (Å²) in [6.45, 7) is 8.67. The number of hydrogen-bond donors (Lipinski definition) is 3. The molecule has 0 atom stereocenters. The lowest BCUT2D eigenvalue weighted by atomic mass is 9.98. The van der Waals surface area contributed by atoms with Crippen molar-refractivity contribution in [2.24, 2.45) is 5.92 Å². The number of nitrogens with zero attached hydrogens (tertiary/aromatic N) is 2. The lowest BCUT2D eigenvalue weighted by Crippen LogP contribution is -2.41. The van der Waals surface area contributed by atoms with Gasteiger partial charge in [-0.1, -0.05) is 24.6 Å². The van der Waals surface area contributed by atoms with Crippen LogP contribution in [0.1, 0.15) is 30.1 Å². The van der Waals surface area contributed by atoms with Crippen molar-refractivity contribution in [1.82, 2.24) is 10.2 Å². The molecule has 2 aliphatic heterocycles. The van der Waals surface area contributed by atoms with Gasteiger partial charge in [0.1, 0.15) is 0 Å². The van der Waals surface area contributed by atoms with Crippen molar-refractivity contribution >= 4 is 40.6 Å². The Labute approximate surface area is 211 Å². The number of carbonyl (C=O) groups is 2. The van der Waals surface area contributed by atoms with Crippen LogP contribution < -0.4 is 20.9 Å². The number of halogens is 1. The summed E-state index contributed by atoms with van der Waals surface area (Å²) in [6.07, 6.45) is 2.19. The van der Waals surface area contributed by atoms with Gasteiger partial charge in [-0.05, 0) is 55.2 Å². The Balaban J connectivity index is 1.45. The summed E-state index contributed by atoms with van der Waals surface area (Å²) in [5.41, 5.74) is 2.62. The Morgan fingerprint density at radius 2 is 1.71 bits per heavy atom. The number of morpholine rings is 1. The van der Waals surface area contributed by atoms with E-state index in [9.17, 15) is 9.59 Å². The van der Waals surface area contributed by atoms with E-state index >= 15 is 0 Å². The van der Waals surface area contributed by atoms with Crippen molar-refractivity contribution in [1.29, 1.82) is 0 Å². The summed E-state index contributed by atoms with van der Waals surface area (Å²) in [7, 11) is 0. The largest absolute Gasteiger partial charge is 0.379 e. The van der Waals surface area contributed by atoms with Gasteiger partial charge in [0.25, 0.3) is 5.91 Å². The standard InChI is InChI=1S/C26H34ClN5O3/c1-19-7-10-32(11-8-19)24-6-5-22(30-26(34)29-21-4-2-3-20(27)17-21)18-23(24)25(33)28-9-12-31-13-15-35-16-14-31/h2-6,17-19H,7-16H2,1H3,(H,28,33)(H2,29,30,34). The van der Waals surface area contributed by atoms with Crippen LogP contribution in [0.3, 0.4) is 0 Å². The minimum Gasteiger partial charge on any atom is -0.379 e. The molecule has 188 valence electrons. The number of urea groups is 1. The van der Waals surface area contributed by atoms with E-state index in [2.05, 4.69) is 32.7 Å². The van der Waals surface area contributed by atoms with Gasteiger partial charge in [0.2, 0.25) is 0 Å². The van der Waals surface area contributed by atoms with Gasteiger partial charge in [0, 0.05) is 61.4 Å². The van der Waals surface area contributed by atoms with Gasteiger partial charge in [0.05, 0.1) is 18.8 Å². The van der Waals surface area contributed by atoms with Crippen molar-refractivity contribution in [2.75, 3.05) is 68.0 Å². The SMILES string of the molecule is CC1CCN(c2ccc(NC(=O)Nc3cccc(Cl)c3)cc2C(=O)NCCN2CCOCC2)CC1. The van der Waals surface area contributed by atoms with E-state index in [4.69, 9.17) is 16.3 Å². The number of amides is 3. The molecule has 0 saturated carbocycles. The highest BCUT2D eigenvalue weighted by atomic mass is 35.5. The molecule has 35 heavy (non-hydrogen) atoms. The Morgan fingerprint density at radius 3 is 2.43 bits per heavy atom. The van der Waals surface area contributed by atoms with Crippen molar-refractivity contribution in [3.8, 4) is 0 Å². The summed E-state index contributed by atoms with van der Waals surface area (Å²) < 4.78 is 5.39. The first-order valence-corrected chi connectivity index (χ1v) is 12.7. The summed E-state index contributed by atoms with van der Waals surface area (Å²) in [6, 6.07) is 12.1. The number of carbonyl (C=O) groups excluding carboxylic acids is 2. The Bertz CT molecular complexity index is 1020. The van der Waals surface area contributed by atoms with Gasteiger partial charge in [-0.2, -0.15) is 0 Å². The molecular formula is C26H34ClN5O3. The molecule has 2 heterocycles. The van der Waals surface area contributed by atoms with Gasteiger partial charge in [0.15, 0.2) is 0 Å². The summed E-state index contributed by atoms with van der Waals surface area (Å²) >= 11 is 6.01. The Kier molecular flexibility index (Phi) is 8.84. The molecule has 0 unspecified atom stereocenters. The summed E-state index contributed by atoms with van der Waals surface area (Å²) in [5.74, 6) is 0.555. The van der Waals surface area contributed by atoms with E-state index < -0.39 is 6.03 Å². The monoisotopic (exact) mass is 499 g/mol. The third-order valence-electron chi connectivity index (χ3n) is 6.52. The van der Waals surface area contributed by atoms with Crippen LogP contribution in [0, 0.1) is 5.92 Å². The molecule has 0 aliphatic carbocycles. The van der Waals surface area contributed by atoms with E-state index in [1.54, 1.807) is 30.3 Å². The number of benzene rings is 2. The summed E-state index contributed by atoms with van der Waals surface area (Å²) in [4.78, 5) is 30.4. The van der Waals surface area contributed by atoms with Crippen LogP contribution in [0.25, 0.3) is 0 Å². The van der Waals surface area contributed by atoms with Crippen LogP contribution in [0.2, 0.25) is 5.02 Å². The van der Waals surface area contributed by atoms with Crippen LogP contribution >= 0.6 is 11.6 Å². The average Bonchev–Trinajstić information content (AvgIpc) is 2.85. The highest BCUT2D eigenvalue weighted by Crippen LogP contribution is 2.29. The number of rotatable bonds is 7. The first-order valence-electron chi connectivity index (χ1n) is 12.3. The fourth-order valence-corrected chi connectivity index (χ4v) is 4.62. The first kappa shape index (κ1) is 25.3. The molecule has 3 N–H and O–H groups in total. The second-order valence-electron chi connectivity index (χ2n) is 9.20. The van der Waals surface area contributed by atoms with Crippen molar-refractivity contribution in [3.63, 3.8) is 0 Å². The predicted molar refractivity (Wildman–Crippen MR) is 141 cm³/mol. The lowest BCUT2D eigenvalue weighted by Gasteiger charge is -2.33. The van der Waals surface area contributed by atoms with Crippen LogP contribution in [0.4, 0.5) is 21.9 Å². The van der Waals surface area contributed by atoms with E-state index in [1.807, 2.05) is 12.1 Å². The number of piperidine rings is 1. The van der Waals surface area contributed by atoms with E-state index in [-0.39, 0.29) is 5.91 Å². The van der Waals surface area contributed by atoms with Gasteiger partial charge in [-0.15, -0.1) is 0 Å². The molecule has 2 aliphatic rings. The molecule has 0 spiro atoms. The van der Waals surface area contributed by atoms with Crippen molar-refractivity contribution in [2.45, 2.75) is 19.8 Å². The lowest BCUT2D eigenvalue weighted by molar-refractivity contribution is 0.0383. The Morgan fingerprint density at radius 1 is 1.00 bits per heavy atom. The second-order valence-corrected chi connectivity index (χ2v) is 9.64. The zero-order chi connectivity index (χ0) is 24.6. The number of anilines is 3. The maximum atomic E-state index is 13.3. The molecule has 2 saturated heterocycles.